The Morgan fingerprint density at radius 2 is 2.08 bits per heavy atom. The molecule has 0 unspecified atom stereocenters. The minimum atomic E-state index is 0.336. The molecule has 136 valence electrons. The second kappa shape index (κ2) is 8.71. The summed E-state index contributed by atoms with van der Waals surface area (Å²) in [6.07, 6.45) is 3.71. The summed E-state index contributed by atoms with van der Waals surface area (Å²) in [5, 5.41) is 5.14. The van der Waals surface area contributed by atoms with Crippen molar-refractivity contribution in [3.63, 3.8) is 0 Å². The normalized spacial score (nSPS) is 11.3. The van der Waals surface area contributed by atoms with Crippen LogP contribution in [0.4, 0.5) is 0 Å². The van der Waals surface area contributed by atoms with E-state index in [0.29, 0.717) is 5.92 Å². The maximum absolute atomic E-state index is 6.18. The molecule has 0 bridgehead atoms. The van der Waals surface area contributed by atoms with Crippen LogP contribution in [0.5, 0.6) is 0 Å². The van der Waals surface area contributed by atoms with Crippen molar-refractivity contribution in [1.82, 2.24) is 19.9 Å². The predicted molar refractivity (Wildman–Crippen MR) is 108 cm³/mol. The number of pyridine rings is 1. The van der Waals surface area contributed by atoms with Crippen LogP contribution in [0.15, 0.2) is 58.7 Å². The molecule has 26 heavy (non-hydrogen) atoms. The van der Waals surface area contributed by atoms with E-state index in [4.69, 9.17) is 16.6 Å². The lowest BCUT2D eigenvalue weighted by molar-refractivity contribution is 0.637. The minimum Gasteiger partial charge on any atom is -0.317 e. The van der Waals surface area contributed by atoms with Gasteiger partial charge in [0.1, 0.15) is 10.9 Å². The zero-order valence-corrected chi connectivity index (χ0v) is 16.8. The molecule has 3 rings (SSSR count). The van der Waals surface area contributed by atoms with Crippen LogP contribution in [0, 0.1) is 0 Å². The molecule has 0 aliphatic carbocycles. The van der Waals surface area contributed by atoms with Crippen LogP contribution in [-0.4, -0.2) is 21.6 Å². The zero-order chi connectivity index (χ0) is 18.5. The van der Waals surface area contributed by atoms with E-state index in [1.807, 2.05) is 37.5 Å². The molecule has 3 aromatic rings. The van der Waals surface area contributed by atoms with Crippen molar-refractivity contribution in [2.24, 2.45) is 0 Å². The summed E-state index contributed by atoms with van der Waals surface area (Å²) in [5.74, 6) is 1.37. The fourth-order valence-corrected chi connectivity index (χ4v) is 4.24. The van der Waals surface area contributed by atoms with Gasteiger partial charge in [-0.2, -0.15) is 0 Å². The quantitative estimate of drug-likeness (QED) is 0.622. The van der Waals surface area contributed by atoms with E-state index < -0.39 is 0 Å². The molecule has 4 nitrogen and oxygen atoms in total. The number of imidazole rings is 1. The summed E-state index contributed by atoms with van der Waals surface area (Å²) < 4.78 is 2.29. The van der Waals surface area contributed by atoms with Gasteiger partial charge in [0.25, 0.3) is 0 Å². The standard InChI is InChI=1S/C20H23ClN4S/c1-14(2)19-20(26-17-8-4-7-16(21)10-17)25(18(24-19)12-22-3)13-15-6-5-9-23-11-15/h4-11,14,22H,12-13H2,1-3H3. The maximum Gasteiger partial charge on any atom is 0.124 e. The third kappa shape index (κ3) is 4.47. The van der Waals surface area contributed by atoms with Gasteiger partial charge in [0.15, 0.2) is 0 Å². The van der Waals surface area contributed by atoms with Crippen LogP contribution in [0.2, 0.25) is 5.02 Å². The monoisotopic (exact) mass is 386 g/mol. The van der Waals surface area contributed by atoms with Gasteiger partial charge in [0.2, 0.25) is 0 Å². The summed E-state index contributed by atoms with van der Waals surface area (Å²) in [6, 6.07) is 12.0. The first kappa shape index (κ1) is 19.0. The number of hydrogen-bond acceptors (Lipinski definition) is 4. The first-order chi connectivity index (χ1) is 12.6. The van der Waals surface area contributed by atoms with Gasteiger partial charge in [0, 0.05) is 22.3 Å². The summed E-state index contributed by atoms with van der Waals surface area (Å²) in [6.45, 7) is 5.83. The van der Waals surface area contributed by atoms with E-state index in [-0.39, 0.29) is 0 Å². The number of nitrogens with zero attached hydrogens (tertiary/aromatic N) is 3. The number of rotatable bonds is 7. The van der Waals surface area contributed by atoms with Crippen LogP contribution < -0.4 is 5.32 Å². The van der Waals surface area contributed by atoms with E-state index in [2.05, 4.69) is 40.8 Å². The number of aromatic nitrogens is 3. The van der Waals surface area contributed by atoms with Crippen molar-refractivity contribution in [3.05, 3.63) is 70.9 Å². The van der Waals surface area contributed by atoms with Gasteiger partial charge in [-0.25, -0.2) is 4.98 Å². The Bertz CT molecular complexity index is 862. The second-order valence-electron chi connectivity index (χ2n) is 6.41. The molecular weight excluding hydrogens is 364 g/mol. The first-order valence-electron chi connectivity index (χ1n) is 8.64. The molecule has 0 amide bonds. The Labute approximate surface area is 164 Å². The van der Waals surface area contributed by atoms with Gasteiger partial charge in [0.05, 0.1) is 18.8 Å². The Morgan fingerprint density at radius 3 is 2.73 bits per heavy atom. The van der Waals surface area contributed by atoms with Crippen LogP contribution in [-0.2, 0) is 13.1 Å². The highest BCUT2D eigenvalue weighted by atomic mass is 35.5. The van der Waals surface area contributed by atoms with Gasteiger partial charge in [-0.15, -0.1) is 0 Å². The molecule has 2 heterocycles. The van der Waals surface area contributed by atoms with Gasteiger partial charge in [-0.1, -0.05) is 49.3 Å². The predicted octanol–water partition coefficient (Wildman–Crippen LogP) is 4.97. The SMILES string of the molecule is CNCc1nc(C(C)C)c(Sc2cccc(Cl)c2)n1Cc1cccnc1. The van der Waals surface area contributed by atoms with Crippen molar-refractivity contribution >= 4 is 23.4 Å². The second-order valence-corrected chi connectivity index (χ2v) is 7.91. The van der Waals surface area contributed by atoms with Gasteiger partial charge in [-0.05, 0) is 42.8 Å². The lowest BCUT2D eigenvalue weighted by Gasteiger charge is -2.13. The van der Waals surface area contributed by atoms with E-state index in [1.165, 1.54) is 0 Å². The summed E-state index contributed by atoms with van der Waals surface area (Å²) >= 11 is 7.90. The molecule has 2 aromatic heterocycles. The smallest absolute Gasteiger partial charge is 0.124 e. The molecule has 1 aromatic carbocycles. The van der Waals surface area contributed by atoms with Crippen molar-refractivity contribution in [2.75, 3.05) is 7.05 Å². The first-order valence-corrected chi connectivity index (χ1v) is 9.84. The molecule has 0 saturated heterocycles. The lowest BCUT2D eigenvalue weighted by atomic mass is 10.1. The molecular formula is C20H23ClN4S. The third-order valence-corrected chi connectivity index (χ3v) is 5.33. The zero-order valence-electron chi connectivity index (χ0n) is 15.2. The molecule has 0 saturated carbocycles. The fourth-order valence-electron chi connectivity index (χ4n) is 2.76. The Hall–Kier alpha value is -1.82. The molecule has 0 radical (unpaired) electrons. The molecule has 0 atom stereocenters. The molecule has 0 spiro atoms. The molecule has 0 aliphatic heterocycles. The van der Waals surface area contributed by atoms with Gasteiger partial charge < -0.3 is 9.88 Å². The van der Waals surface area contributed by atoms with E-state index in [1.54, 1.807) is 18.0 Å². The Morgan fingerprint density at radius 1 is 1.23 bits per heavy atom. The molecule has 0 aliphatic rings. The van der Waals surface area contributed by atoms with E-state index in [9.17, 15) is 0 Å². The van der Waals surface area contributed by atoms with E-state index in [0.717, 1.165) is 45.1 Å². The Balaban J connectivity index is 2.06. The number of benzene rings is 1. The Kier molecular flexibility index (Phi) is 6.35. The minimum absolute atomic E-state index is 0.336. The van der Waals surface area contributed by atoms with Crippen LogP contribution >= 0.6 is 23.4 Å². The highest BCUT2D eigenvalue weighted by molar-refractivity contribution is 7.99. The average Bonchev–Trinajstić information content (AvgIpc) is 2.94. The van der Waals surface area contributed by atoms with E-state index >= 15 is 0 Å². The lowest BCUT2D eigenvalue weighted by Crippen LogP contribution is -2.13. The topological polar surface area (TPSA) is 42.7 Å². The number of nitrogens with one attached hydrogen (secondary N) is 1. The maximum atomic E-state index is 6.18. The largest absolute Gasteiger partial charge is 0.317 e. The molecule has 0 fully saturated rings. The van der Waals surface area contributed by atoms with Crippen LogP contribution in [0.3, 0.4) is 0 Å². The average molecular weight is 387 g/mol. The third-order valence-electron chi connectivity index (χ3n) is 3.98. The summed E-state index contributed by atoms with van der Waals surface area (Å²) in [7, 11) is 1.95. The molecule has 1 N–H and O–H groups in total. The highest BCUT2D eigenvalue weighted by Gasteiger charge is 2.20. The van der Waals surface area contributed by atoms with Crippen LogP contribution in [0.25, 0.3) is 0 Å². The summed E-state index contributed by atoms with van der Waals surface area (Å²) in [5.41, 5.74) is 2.27. The molecule has 6 heteroatoms. The van der Waals surface area contributed by atoms with Gasteiger partial charge in [-0.3, -0.25) is 4.98 Å². The summed E-state index contributed by atoms with van der Waals surface area (Å²) in [4.78, 5) is 10.3. The van der Waals surface area contributed by atoms with Crippen molar-refractivity contribution in [3.8, 4) is 0 Å². The highest BCUT2D eigenvalue weighted by Crippen LogP contribution is 2.36. The van der Waals surface area contributed by atoms with Gasteiger partial charge >= 0.3 is 0 Å². The number of halogens is 1. The van der Waals surface area contributed by atoms with Crippen molar-refractivity contribution < 1.29 is 0 Å². The van der Waals surface area contributed by atoms with Crippen LogP contribution in [0.1, 0.15) is 36.8 Å². The van der Waals surface area contributed by atoms with Crippen molar-refractivity contribution in [1.29, 1.82) is 0 Å². The van der Waals surface area contributed by atoms with Crippen molar-refractivity contribution in [2.45, 2.75) is 42.8 Å². The number of hydrogen-bond donors (Lipinski definition) is 1. The fraction of sp³-hybridized carbons (Fsp3) is 0.300.